The van der Waals surface area contributed by atoms with Gasteiger partial charge in [-0.2, -0.15) is 25.3 Å². The quantitative estimate of drug-likeness (QED) is 0.0132. The molecule has 0 aliphatic carbocycles. The van der Waals surface area contributed by atoms with Crippen molar-refractivity contribution >= 4 is 186 Å². The van der Waals surface area contributed by atoms with Gasteiger partial charge in [-0.3, -0.25) is 52.0 Å². The van der Waals surface area contributed by atoms with E-state index in [9.17, 15) is 117 Å². The van der Waals surface area contributed by atoms with Gasteiger partial charge in [-0.05, 0) is 210 Å². The monoisotopic (exact) mass is 1990 g/mol. The van der Waals surface area contributed by atoms with Crippen molar-refractivity contribution in [2.45, 2.75) is 229 Å². The molecule has 0 atom stereocenters. The average molecular weight is 2000 g/mol. The van der Waals surface area contributed by atoms with Gasteiger partial charge in [0.2, 0.25) is 0 Å². The summed E-state index contributed by atoms with van der Waals surface area (Å²) in [5, 5.41) is 101. The molecule has 9 aromatic rings. The van der Waals surface area contributed by atoms with E-state index in [4.69, 9.17) is 0 Å². The van der Waals surface area contributed by atoms with Crippen LogP contribution >= 0.6 is 0 Å². The van der Waals surface area contributed by atoms with E-state index in [-0.39, 0.29) is 160 Å². The standard InChI is InChI=1S/C93H107N15O29S3/c1-7-50-60-41-95-86(123)101-66-20-13-47(40-94-69-38-73(138(129,130)131)57-18-19-59-75(140(135,136)137)39-74(139(132,133)134)58-17-16-56(69)82(57)83(58)59)35-70(66)104-89(126)98-44-63-53(10-4)64-45-99-90(127)105-71-36-48(84(121)107-92(29-23-76(109)110,30-24-77(111)112)31-25-78(113)114)14-21-67(71)102-87(124)96-42-61(50)52(9-3)62(51(60)8-2)43-97-88(125)103-68-22-15-49(37-72(68)106-91(128)100-46-65(54(63)11-5)55(64)12-6)85(122)108-93(32-26-79(115)116,33-27-80(117)118)34-28-81(119)120/h13-22,35-39,94H,7-12,23-34,40-46H2,1-6H3,(H,107,121)(H,108,122)(H,109,110)(H,111,112)(H,113,114)(H,115,116)(H,117,118)(H,119,120)(H2,95,101,123)(H2,96,102,124)(H2,97,103,125)(H2,98,104,126)(H2,99,105,127)(H2,100,106,128)(H,129,130,131)(H,132,133,134)(H,135,136,137). The molecule has 3 heterocycles. The minimum absolute atomic E-state index is 0.0485. The third-order valence-electron chi connectivity index (χ3n) is 24.9. The summed E-state index contributed by atoms with van der Waals surface area (Å²) < 4.78 is 111. The van der Waals surface area contributed by atoms with Crippen molar-refractivity contribution in [1.82, 2.24) is 42.5 Å². The number of carboxylic acids is 6. The number of urea groups is 6. The zero-order valence-electron chi connectivity index (χ0n) is 76.8. The summed E-state index contributed by atoms with van der Waals surface area (Å²) in [5.74, 6) is -10.1. The number of fused-ring (bicyclic) bond motifs is 18. The Hall–Kier alpha value is -15.1. The SMILES string of the molecule is CCc1c2c(CC)c3c(CC)c1CNC(=O)Nc1ccc(C(=O)NC(CCC(=O)O)(CCC(=O)O)CCC(=O)O)cc1NC(=O)NCc1c(CC)c(c(CC)c(c1CC)CNC(=O)Nc1cc(C(=O)NC(CCC(=O)O)(CCC(=O)O)CCC(=O)O)ccc1NC(=O)NC3)CNC(=O)Nc1cc(CNc3cc(S(=O)(=O)O)c4ccc5c(S(=O)(=O)O)cc(S(=O)(=O)O)c6ccc3c4c65)ccc1NC(=O)NC2. The molecule has 0 saturated heterocycles. The molecule has 6 bridgehead atoms. The molecule has 3 aliphatic rings. The van der Waals surface area contributed by atoms with Crippen molar-refractivity contribution in [2.75, 3.05) is 37.2 Å². The predicted octanol–water partition coefficient (Wildman–Crippen LogP) is 12.0. The first-order chi connectivity index (χ1) is 66.1. The van der Waals surface area contributed by atoms with Gasteiger partial charge in [-0.25, -0.2) is 28.8 Å². The Bertz CT molecular complexity index is 6530. The van der Waals surface area contributed by atoms with Crippen molar-refractivity contribution in [3.8, 4) is 0 Å². The van der Waals surface area contributed by atoms with Crippen LogP contribution in [0.4, 0.5) is 68.6 Å². The van der Waals surface area contributed by atoms with E-state index in [0.29, 0.717) is 72.8 Å². The number of carbonyl (C=O) groups excluding carboxylic acids is 8. The first kappa shape index (κ1) is 105. The van der Waals surface area contributed by atoms with Crippen LogP contribution in [0.25, 0.3) is 32.3 Å². The number of amides is 14. The summed E-state index contributed by atoms with van der Waals surface area (Å²) in [6.07, 6.45) is -5.41. The van der Waals surface area contributed by atoms with Crippen LogP contribution in [-0.2, 0) is 143 Å². The van der Waals surface area contributed by atoms with Gasteiger partial charge in [0.05, 0.1) is 34.1 Å². The molecule has 0 radical (unpaired) electrons. The highest BCUT2D eigenvalue weighted by Crippen LogP contribution is 2.46. The summed E-state index contributed by atoms with van der Waals surface area (Å²) in [4.78, 5) is 190. The van der Waals surface area contributed by atoms with Crippen LogP contribution in [0.15, 0.2) is 106 Å². The molecule has 47 heteroatoms. The number of hydrogen-bond donors (Lipinski definition) is 24. The first-order valence-corrected chi connectivity index (χ1v) is 48.9. The summed E-state index contributed by atoms with van der Waals surface area (Å²) in [6, 6.07) is 12.3. The normalized spacial score (nSPS) is 13.9. The summed E-state index contributed by atoms with van der Waals surface area (Å²) in [6.45, 7) is 8.22. The van der Waals surface area contributed by atoms with Crippen molar-refractivity contribution in [2.24, 2.45) is 0 Å². The minimum Gasteiger partial charge on any atom is -0.481 e. The van der Waals surface area contributed by atoms with Crippen LogP contribution in [0, 0.1) is 0 Å². The number of anilines is 7. The van der Waals surface area contributed by atoms with Crippen LogP contribution in [0.3, 0.4) is 0 Å². The Kier molecular flexibility index (Phi) is 33.6. The maximum atomic E-state index is 15.2. The van der Waals surface area contributed by atoms with E-state index in [1.54, 1.807) is 41.5 Å². The van der Waals surface area contributed by atoms with E-state index in [2.05, 4.69) is 79.8 Å². The number of nitrogens with one attached hydrogen (secondary N) is 15. The molecule has 12 rings (SSSR count). The third-order valence-corrected chi connectivity index (χ3v) is 27.6. The number of carbonyl (C=O) groups is 14. The minimum atomic E-state index is -5.29. The molecular weight excluding hydrogens is 1890 g/mol. The molecular formula is C93H107N15O29S3. The highest BCUT2D eigenvalue weighted by Gasteiger charge is 2.39. The number of benzene rings is 9. The average Bonchev–Trinajstić information content (AvgIpc) is 0.703. The zero-order chi connectivity index (χ0) is 102. The fourth-order valence-electron chi connectivity index (χ4n) is 18.5. The van der Waals surface area contributed by atoms with Crippen molar-refractivity contribution < 1.29 is 137 Å². The molecule has 746 valence electrons. The Morgan fingerprint density at radius 2 is 0.543 bits per heavy atom. The van der Waals surface area contributed by atoms with Gasteiger partial charge < -0.3 is 110 Å². The van der Waals surface area contributed by atoms with E-state index in [0.717, 1.165) is 30.3 Å². The highest BCUT2D eigenvalue weighted by atomic mass is 32.2. The van der Waals surface area contributed by atoms with Gasteiger partial charge in [-0.15, -0.1) is 0 Å². The molecule has 0 saturated carbocycles. The molecule has 0 spiro atoms. The number of rotatable bonds is 34. The second kappa shape index (κ2) is 44.6. The molecule has 9 aromatic carbocycles. The fourth-order valence-corrected chi connectivity index (χ4v) is 20.7. The molecule has 0 aromatic heterocycles. The zero-order valence-corrected chi connectivity index (χ0v) is 79.2. The lowest BCUT2D eigenvalue weighted by atomic mass is 9.83. The molecule has 3 aliphatic heterocycles. The van der Waals surface area contributed by atoms with Crippen molar-refractivity contribution in [3.63, 3.8) is 0 Å². The first-order valence-electron chi connectivity index (χ1n) is 44.6. The Balaban J connectivity index is 1.09. The maximum Gasteiger partial charge on any atom is 0.319 e. The molecule has 140 heavy (non-hydrogen) atoms. The van der Waals surface area contributed by atoms with E-state index in [1.807, 2.05) is 0 Å². The van der Waals surface area contributed by atoms with E-state index in [1.165, 1.54) is 54.6 Å². The number of carboxylic acid groups (broad SMARTS) is 6. The molecule has 0 fully saturated rings. The molecule has 0 unspecified atom stereocenters. The van der Waals surface area contributed by atoms with Crippen LogP contribution in [-0.4, -0.2) is 164 Å². The summed E-state index contributed by atoms with van der Waals surface area (Å²) in [5.41, 5.74) is 1.02. The Morgan fingerprint density at radius 3 is 0.800 bits per heavy atom. The lowest BCUT2D eigenvalue weighted by molar-refractivity contribution is -0.140. The van der Waals surface area contributed by atoms with Gasteiger partial charge in [-0.1, -0.05) is 71.9 Å². The lowest BCUT2D eigenvalue weighted by Crippen LogP contribution is -2.49. The van der Waals surface area contributed by atoms with Gasteiger partial charge in [0.1, 0.15) is 14.7 Å². The Morgan fingerprint density at radius 1 is 0.307 bits per heavy atom. The largest absolute Gasteiger partial charge is 0.481 e. The van der Waals surface area contributed by atoms with Gasteiger partial charge >= 0.3 is 72.0 Å². The van der Waals surface area contributed by atoms with Gasteiger partial charge in [0.25, 0.3) is 42.2 Å². The van der Waals surface area contributed by atoms with Crippen molar-refractivity contribution in [3.05, 3.63) is 174 Å². The number of aliphatic carboxylic acids is 6. The predicted molar refractivity (Wildman–Crippen MR) is 512 cm³/mol. The van der Waals surface area contributed by atoms with Gasteiger partial charge in [0, 0.05) is 145 Å². The lowest BCUT2D eigenvalue weighted by Gasteiger charge is -2.34. The number of hydrogen-bond acceptors (Lipinski definition) is 21. The summed E-state index contributed by atoms with van der Waals surface area (Å²) in [7, 11) is -15.8. The van der Waals surface area contributed by atoms with Crippen molar-refractivity contribution in [1.29, 1.82) is 0 Å². The van der Waals surface area contributed by atoms with E-state index >= 15 is 19.2 Å². The topological polar surface area (TPSA) is 704 Å². The van der Waals surface area contributed by atoms with Crippen LogP contribution in [0.1, 0.15) is 212 Å². The van der Waals surface area contributed by atoms with Gasteiger partial charge in [0.15, 0.2) is 0 Å². The van der Waals surface area contributed by atoms with Crippen LogP contribution < -0.4 is 79.8 Å². The second-order valence-corrected chi connectivity index (χ2v) is 37.8. The smallest absolute Gasteiger partial charge is 0.319 e. The van der Waals surface area contributed by atoms with E-state index < -0.39 is 230 Å². The summed E-state index contributed by atoms with van der Waals surface area (Å²) >= 11 is 0. The van der Waals surface area contributed by atoms with Crippen LogP contribution in [0.2, 0.25) is 0 Å². The highest BCUT2D eigenvalue weighted by molar-refractivity contribution is 7.87. The molecule has 44 nitrogen and oxygen atoms in total. The van der Waals surface area contributed by atoms with Crippen LogP contribution in [0.5, 0.6) is 0 Å². The fraction of sp³-hybridized carbons (Fsp3) is 0.355. The Labute approximate surface area is 801 Å². The molecule has 14 amide bonds. The second-order valence-electron chi connectivity index (χ2n) is 33.6. The maximum absolute atomic E-state index is 15.2. The molecule has 24 N–H and O–H groups in total. The third kappa shape index (κ3) is 25.3.